The highest BCUT2D eigenvalue weighted by atomic mass is 79.9. The van der Waals surface area contributed by atoms with Gasteiger partial charge in [-0.2, -0.15) is 5.10 Å². The number of phenolic OH excluding ortho intramolecular Hbond substituents is 1. The summed E-state index contributed by atoms with van der Waals surface area (Å²) in [6, 6.07) is 4.90. The van der Waals surface area contributed by atoms with Crippen molar-refractivity contribution in [3.63, 3.8) is 0 Å². The Kier molecular flexibility index (Phi) is 6.58. The van der Waals surface area contributed by atoms with Crippen molar-refractivity contribution in [3.05, 3.63) is 28.2 Å². The molecule has 0 heterocycles. The number of phenols is 1. The maximum absolute atomic E-state index is 11.9. The van der Waals surface area contributed by atoms with E-state index >= 15 is 0 Å². The molecule has 0 radical (unpaired) electrons. The van der Waals surface area contributed by atoms with Gasteiger partial charge in [-0.05, 0) is 31.0 Å². The maximum atomic E-state index is 11.9. The number of nitrogens with zero attached hydrogens (tertiary/aromatic N) is 1. The summed E-state index contributed by atoms with van der Waals surface area (Å²) in [6.07, 6.45) is 6.47. The second-order valence-electron chi connectivity index (χ2n) is 5.55. The molecule has 1 aromatic carbocycles. The maximum Gasteiger partial charge on any atom is 0.259 e. The normalized spacial score (nSPS) is 15.5. The Bertz CT molecular complexity index is 598. The van der Waals surface area contributed by atoms with E-state index in [9.17, 15) is 14.7 Å². The first-order valence-electron chi connectivity index (χ1n) is 7.64. The van der Waals surface area contributed by atoms with Crippen LogP contribution >= 0.6 is 15.9 Å². The first-order valence-corrected chi connectivity index (χ1v) is 8.43. The van der Waals surface area contributed by atoms with Crippen LogP contribution in [0.2, 0.25) is 0 Å². The van der Waals surface area contributed by atoms with Crippen LogP contribution in [0.3, 0.4) is 0 Å². The lowest BCUT2D eigenvalue weighted by Gasteiger charge is -2.20. The summed E-state index contributed by atoms with van der Waals surface area (Å²) in [5.41, 5.74) is 2.80. The van der Waals surface area contributed by atoms with Crippen LogP contribution in [0.1, 0.15) is 37.7 Å². The quantitative estimate of drug-likeness (QED) is 0.539. The van der Waals surface area contributed by atoms with Gasteiger partial charge in [-0.1, -0.05) is 35.2 Å². The molecular weight excluding hydrogens is 362 g/mol. The third-order valence-electron chi connectivity index (χ3n) is 3.78. The lowest BCUT2D eigenvalue weighted by molar-refractivity contribution is -0.129. The minimum absolute atomic E-state index is 0.0265. The monoisotopic (exact) mass is 381 g/mol. The molecule has 1 fully saturated rings. The molecule has 6 nitrogen and oxygen atoms in total. The fourth-order valence-electron chi connectivity index (χ4n) is 2.52. The van der Waals surface area contributed by atoms with Gasteiger partial charge in [0, 0.05) is 16.0 Å². The number of hydrazone groups is 1. The van der Waals surface area contributed by atoms with Crippen LogP contribution in [0.25, 0.3) is 0 Å². The van der Waals surface area contributed by atoms with E-state index in [-0.39, 0.29) is 24.1 Å². The van der Waals surface area contributed by atoms with Crippen molar-refractivity contribution in [3.8, 4) is 5.75 Å². The van der Waals surface area contributed by atoms with Crippen molar-refractivity contribution in [2.24, 2.45) is 11.0 Å². The van der Waals surface area contributed by atoms with E-state index in [1.807, 2.05) is 0 Å². The van der Waals surface area contributed by atoms with Gasteiger partial charge in [0.2, 0.25) is 5.91 Å². The fraction of sp³-hybridized carbons (Fsp3) is 0.438. The molecule has 124 valence electrons. The highest BCUT2D eigenvalue weighted by Gasteiger charge is 2.21. The third-order valence-corrected chi connectivity index (χ3v) is 4.27. The average molecular weight is 382 g/mol. The van der Waals surface area contributed by atoms with Crippen LogP contribution in [0, 0.1) is 5.92 Å². The molecule has 1 saturated carbocycles. The zero-order chi connectivity index (χ0) is 16.7. The van der Waals surface area contributed by atoms with Crippen molar-refractivity contribution in [1.29, 1.82) is 0 Å². The number of amides is 2. The van der Waals surface area contributed by atoms with Gasteiger partial charge in [0.05, 0.1) is 12.8 Å². The highest BCUT2D eigenvalue weighted by Crippen LogP contribution is 2.23. The number of halogens is 1. The van der Waals surface area contributed by atoms with Gasteiger partial charge in [0.1, 0.15) is 5.75 Å². The highest BCUT2D eigenvalue weighted by molar-refractivity contribution is 9.10. The standard InChI is InChI=1S/C16H20BrN3O3/c17-13-6-7-14(21)12(8-13)9-19-20-15(22)10-18-16(23)11-4-2-1-3-5-11/h6-9,11,21H,1-5,10H2,(H,18,23)(H,20,22). The molecule has 2 rings (SSSR count). The van der Waals surface area contributed by atoms with E-state index in [0.29, 0.717) is 5.56 Å². The molecule has 0 unspecified atom stereocenters. The van der Waals surface area contributed by atoms with Crippen LogP contribution in [0.5, 0.6) is 5.75 Å². The molecule has 1 aliphatic carbocycles. The topological polar surface area (TPSA) is 90.8 Å². The number of hydrogen-bond donors (Lipinski definition) is 3. The summed E-state index contributed by atoms with van der Waals surface area (Å²) in [6.45, 7) is -0.100. The predicted molar refractivity (Wildman–Crippen MR) is 91.1 cm³/mol. The van der Waals surface area contributed by atoms with Crippen molar-refractivity contribution in [1.82, 2.24) is 10.7 Å². The van der Waals surface area contributed by atoms with Gasteiger partial charge in [-0.25, -0.2) is 5.43 Å². The van der Waals surface area contributed by atoms with E-state index in [0.717, 1.165) is 30.2 Å². The zero-order valence-corrected chi connectivity index (χ0v) is 14.3. The SMILES string of the molecule is O=C(CNC(=O)C1CCCCC1)NN=Cc1cc(Br)ccc1O. The molecule has 0 bridgehead atoms. The fourth-order valence-corrected chi connectivity index (χ4v) is 2.90. The first-order chi connectivity index (χ1) is 11.1. The van der Waals surface area contributed by atoms with Crippen LogP contribution in [-0.2, 0) is 9.59 Å². The number of aromatic hydroxyl groups is 1. The van der Waals surface area contributed by atoms with Crippen LogP contribution in [-0.4, -0.2) is 29.7 Å². The molecule has 0 spiro atoms. The number of hydrogen-bond acceptors (Lipinski definition) is 4. The van der Waals surface area contributed by atoms with Gasteiger partial charge in [0.25, 0.3) is 5.91 Å². The Balaban J connectivity index is 1.75. The first kappa shape index (κ1) is 17.5. The number of rotatable bonds is 5. The minimum atomic E-state index is -0.403. The van der Waals surface area contributed by atoms with Gasteiger partial charge in [-0.15, -0.1) is 0 Å². The van der Waals surface area contributed by atoms with Crippen molar-refractivity contribution >= 4 is 34.0 Å². The summed E-state index contributed by atoms with van der Waals surface area (Å²) >= 11 is 3.29. The summed E-state index contributed by atoms with van der Waals surface area (Å²) in [4.78, 5) is 23.6. The van der Waals surface area contributed by atoms with Crippen molar-refractivity contribution in [2.75, 3.05) is 6.54 Å². The molecule has 1 aromatic rings. The average Bonchev–Trinajstić information content (AvgIpc) is 2.56. The predicted octanol–water partition coefficient (Wildman–Crippen LogP) is 2.30. The van der Waals surface area contributed by atoms with E-state index < -0.39 is 5.91 Å². The summed E-state index contributed by atoms with van der Waals surface area (Å²) in [7, 11) is 0. The summed E-state index contributed by atoms with van der Waals surface area (Å²) < 4.78 is 0.794. The van der Waals surface area contributed by atoms with Crippen molar-refractivity contribution in [2.45, 2.75) is 32.1 Å². The van der Waals surface area contributed by atoms with Gasteiger partial charge in [-0.3, -0.25) is 9.59 Å². The molecule has 7 heteroatoms. The van der Waals surface area contributed by atoms with Crippen LogP contribution < -0.4 is 10.7 Å². The largest absolute Gasteiger partial charge is 0.507 e. The van der Waals surface area contributed by atoms with Crippen LogP contribution in [0.4, 0.5) is 0 Å². The molecule has 0 aromatic heterocycles. The third kappa shape index (κ3) is 5.67. The number of nitrogens with one attached hydrogen (secondary N) is 2. The van der Waals surface area contributed by atoms with Gasteiger partial charge in [0.15, 0.2) is 0 Å². The Morgan fingerprint density at radius 3 is 2.78 bits per heavy atom. The molecule has 2 amide bonds. The Morgan fingerprint density at radius 1 is 1.30 bits per heavy atom. The Morgan fingerprint density at radius 2 is 2.04 bits per heavy atom. The second kappa shape index (κ2) is 8.67. The van der Waals surface area contributed by atoms with E-state index in [1.54, 1.807) is 12.1 Å². The molecule has 23 heavy (non-hydrogen) atoms. The lowest BCUT2D eigenvalue weighted by Crippen LogP contribution is -2.38. The summed E-state index contributed by atoms with van der Waals surface area (Å²) in [5, 5.41) is 16.1. The molecule has 1 aliphatic rings. The number of carbonyl (C=O) groups is 2. The molecule has 0 atom stereocenters. The molecular formula is C16H20BrN3O3. The zero-order valence-electron chi connectivity index (χ0n) is 12.7. The number of benzene rings is 1. The molecule has 0 saturated heterocycles. The van der Waals surface area contributed by atoms with E-state index in [1.165, 1.54) is 18.7 Å². The second-order valence-corrected chi connectivity index (χ2v) is 6.46. The molecule has 3 N–H and O–H groups in total. The Hall–Kier alpha value is -1.89. The van der Waals surface area contributed by atoms with E-state index in [4.69, 9.17) is 0 Å². The van der Waals surface area contributed by atoms with Gasteiger partial charge < -0.3 is 10.4 Å². The smallest absolute Gasteiger partial charge is 0.259 e. The Labute approximate surface area is 143 Å². The summed E-state index contributed by atoms with van der Waals surface area (Å²) in [5.74, 6) is -0.371. The number of carbonyl (C=O) groups excluding carboxylic acids is 2. The molecule has 0 aliphatic heterocycles. The van der Waals surface area contributed by atoms with Crippen molar-refractivity contribution < 1.29 is 14.7 Å². The minimum Gasteiger partial charge on any atom is -0.507 e. The van der Waals surface area contributed by atoms with Crippen LogP contribution in [0.15, 0.2) is 27.8 Å². The van der Waals surface area contributed by atoms with E-state index in [2.05, 4.69) is 31.8 Å². The van der Waals surface area contributed by atoms with Gasteiger partial charge >= 0.3 is 0 Å². The lowest BCUT2D eigenvalue weighted by atomic mass is 9.89.